The van der Waals surface area contributed by atoms with Gasteiger partial charge in [-0.25, -0.2) is 4.79 Å². The number of halogens is 1. The predicted molar refractivity (Wildman–Crippen MR) is 304 cm³/mol. The number of benzene rings is 6. The molecule has 7 aliphatic rings. The van der Waals surface area contributed by atoms with Gasteiger partial charge in [-0.1, -0.05) is 42.8 Å². The number of aromatic hydroxyl groups is 6. The standard InChI is InChI=1S/C61H54ClN7O18/c1-22-11-41-23(2)10-28(22)16-36-55(77)65-48(29-12-31(70)20-32(13-29)85-42-17-25(4-8-38(42)72)46(63)56(78)64-36)58(80)67-49-30-18-43(54(76)44(19-30)87-41)86-40-9-6-27(15-35(40)62)53(75)51-60(82)68-50(61(83)84)34-21-39(73)24(3)52(74)45(34)33-14-26(5-7-37(33)71)47(57(79)69-51)66-59(49)81/h4-15,17-21,23,36,41,46-51,53,70-76H,16,63H2,1-3H3,(H,64,78)(H,65,77)(H,66,81)(H,67,80)(H,68,82)(H,69,79)(H,83,84)/t23-,36-,41-,46-,47-,48+,49-,50+,51+,53-/m1/s1. The summed E-state index contributed by atoms with van der Waals surface area (Å²) in [6, 6.07) is 3.91. The monoisotopic (exact) mass is 1210 g/mol. The summed E-state index contributed by atoms with van der Waals surface area (Å²) in [4.78, 5) is 104. The summed E-state index contributed by atoms with van der Waals surface area (Å²) in [7, 11) is 0. The smallest absolute Gasteiger partial charge is 0.330 e. The van der Waals surface area contributed by atoms with Crippen LogP contribution in [-0.4, -0.2) is 100 Å². The number of nitrogens with two attached hydrogens (primary N) is 1. The number of phenolic OH excluding ortho intramolecular Hbond substituents is 6. The number of phenols is 6. The second-order valence-electron chi connectivity index (χ2n) is 21.6. The molecule has 6 aromatic rings. The summed E-state index contributed by atoms with van der Waals surface area (Å²) >= 11 is 6.85. The summed E-state index contributed by atoms with van der Waals surface area (Å²) in [6.07, 6.45) is 0.208. The largest absolute Gasteiger partial charge is 0.508 e. The minimum atomic E-state index is -2.18. The zero-order chi connectivity index (χ0) is 62.2. The van der Waals surface area contributed by atoms with Crippen LogP contribution >= 0.6 is 11.6 Å². The van der Waals surface area contributed by atoms with E-state index in [4.69, 9.17) is 31.5 Å². The minimum absolute atomic E-state index is 0.149. The molecule has 0 unspecified atom stereocenters. The molecule has 6 aromatic carbocycles. The van der Waals surface area contributed by atoms with Crippen LogP contribution in [0.15, 0.2) is 114 Å². The van der Waals surface area contributed by atoms with Crippen LogP contribution < -0.4 is 51.8 Å². The molecule has 10 atom stereocenters. The Morgan fingerprint density at radius 3 is 1.93 bits per heavy atom. The Hall–Kier alpha value is -10.5. The Morgan fingerprint density at radius 1 is 0.586 bits per heavy atom. The number of ether oxygens (including phenoxy) is 3. The van der Waals surface area contributed by atoms with E-state index >= 15 is 19.2 Å². The van der Waals surface area contributed by atoms with E-state index in [0.29, 0.717) is 11.1 Å². The second kappa shape index (κ2) is 22.5. The number of carboxylic acids is 1. The first-order chi connectivity index (χ1) is 41.3. The van der Waals surface area contributed by atoms with Gasteiger partial charge in [-0.15, -0.1) is 0 Å². The van der Waals surface area contributed by atoms with Crippen molar-refractivity contribution in [2.24, 2.45) is 11.7 Å². The van der Waals surface area contributed by atoms with Crippen LogP contribution in [0, 0.1) is 12.8 Å². The topological polar surface area (TPSA) is 407 Å². The number of aliphatic carboxylic acids is 1. The summed E-state index contributed by atoms with van der Waals surface area (Å²) in [5.74, 6) is -14.6. The molecule has 0 fully saturated rings. The van der Waals surface area contributed by atoms with E-state index in [-0.39, 0.29) is 73.4 Å². The van der Waals surface area contributed by atoms with Crippen LogP contribution in [0.2, 0.25) is 5.02 Å². The molecule has 1 aliphatic carbocycles. The number of aliphatic hydroxyl groups excluding tert-OH is 1. The lowest BCUT2D eigenvalue weighted by molar-refractivity contribution is -0.143. The Labute approximate surface area is 497 Å². The number of allylic oxidation sites excluding steroid dienone is 1. The van der Waals surface area contributed by atoms with Crippen molar-refractivity contribution in [3.8, 4) is 74.4 Å². The van der Waals surface area contributed by atoms with E-state index in [2.05, 4.69) is 31.9 Å². The summed E-state index contributed by atoms with van der Waals surface area (Å²) in [6.45, 7) is 4.74. The van der Waals surface area contributed by atoms with Crippen LogP contribution in [0.5, 0.6) is 63.2 Å². The third-order valence-corrected chi connectivity index (χ3v) is 16.1. The fourth-order valence-corrected chi connectivity index (χ4v) is 11.3. The molecule has 448 valence electrons. The van der Waals surface area contributed by atoms with Crippen molar-refractivity contribution in [3.63, 3.8) is 0 Å². The van der Waals surface area contributed by atoms with E-state index in [9.17, 15) is 55.2 Å². The molecule has 6 amide bonds. The van der Waals surface area contributed by atoms with Gasteiger partial charge < -0.3 is 92.7 Å². The van der Waals surface area contributed by atoms with E-state index in [1.165, 1.54) is 49.4 Å². The number of nitrogens with one attached hydrogen (secondary N) is 6. The number of hydrogen-bond acceptors (Lipinski definition) is 18. The molecule has 0 spiro atoms. The number of rotatable bonds is 1. The molecule has 13 rings (SSSR count). The first-order valence-corrected chi connectivity index (χ1v) is 27.3. The van der Waals surface area contributed by atoms with Gasteiger partial charge in [0.1, 0.15) is 83.0 Å². The van der Waals surface area contributed by atoms with Gasteiger partial charge in [0.15, 0.2) is 29.0 Å². The maximum atomic E-state index is 15.8. The van der Waals surface area contributed by atoms with Crippen molar-refractivity contribution in [2.75, 3.05) is 0 Å². The van der Waals surface area contributed by atoms with E-state index < -0.39 is 153 Å². The maximum Gasteiger partial charge on any atom is 0.330 e. The summed E-state index contributed by atoms with van der Waals surface area (Å²) in [5.41, 5.74) is 5.29. The lowest BCUT2D eigenvalue weighted by Gasteiger charge is -2.32. The first kappa shape index (κ1) is 58.3. The van der Waals surface area contributed by atoms with Gasteiger partial charge >= 0.3 is 5.97 Å². The fourth-order valence-electron chi connectivity index (χ4n) is 11.0. The highest BCUT2D eigenvalue weighted by atomic mass is 35.5. The molecule has 87 heavy (non-hydrogen) atoms. The van der Waals surface area contributed by atoms with Crippen molar-refractivity contribution in [2.45, 2.75) is 81.7 Å². The maximum absolute atomic E-state index is 15.8. The molecule has 0 radical (unpaired) electrons. The number of aliphatic hydroxyl groups is 1. The van der Waals surface area contributed by atoms with Crippen molar-refractivity contribution in [1.82, 2.24) is 31.9 Å². The van der Waals surface area contributed by atoms with Gasteiger partial charge in [-0.3, -0.25) is 28.8 Å². The minimum Gasteiger partial charge on any atom is -0.508 e. The molecule has 17 bridgehead atoms. The van der Waals surface area contributed by atoms with Crippen molar-refractivity contribution >= 4 is 53.0 Å². The van der Waals surface area contributed by atoms with Gasteiger partial charge in [-0.05, 0) is 126 Å². The van der Waals surface area contributed by atoms with E-state index in [1.807, 2.05) is 0 Å². The number of carboxylic acid groups (broad SMARTS) is 1. The Bertz CT molecular complexity index is 4040. The van der Waals surface area contributed by atoms with Crippen LogP contribution in [0.1, 0.15) is 95.5 Å². The summed E-state index contributed by atoms with van der Waals surface area (Å²) < 4.78 is 18.8. The molecule has 0 saturated heterocycles. The van der Waals surface area contributed by atoms with Gasteiger partial charge in [0.25, 0.3) is 0 Å². The van der Waals surface area contributed by atoms with Gasteiger partial charge in [0.05, 0.1) is 5.02 Å². The number of carbonyl (C=O) groups excluding carboxylic acids is 6. The quantitative estimate of drug-likeness (QED) is 0.103. The zero-order valence-corrected chi connectivity index (χ0v) is 46.7. The zero-order valence-electron chi connectivity index (χ0n) is 45.9. The van der Waals surface area contributed by atoms with E-state index in [0.717, 1.165) is 48.5 Å². The van der Waals surface area contributed by atoms with Crippen molar-refractivity contribution < 1.29 is 88.6 Å². The third kappa shape index (κ3) is 11.0. The highest BCUT2D eigenvalue weighted by Gasteiger charge is 2.42. The predicted octanol–water partition coefficient (Wildman–Crippen LogP) is 4.96. The van der Waals surface area contributed by atoms with Crippen LogP contribution in [0.4, 0.5) is 0 Å². The second-order valence-corrected chi connectivity index (χ2v) is 22.0. The van der Waals surface area contributed by atoms with Crippen molar-refractivity contribution in [1.29, 1.82) is 0 Å². The molecule has 6 heterocycles. The van der Waals surface area contributed by atoms with Gasteiger partial charge in [0, 0.05) is 40.7 Å². The molecule has 6 aliphatic heterocycles. The van der Waals surface area contributed by atoms with Gasteiger partial charge in [0.2, 0.25) is 41.2 Å². The Morgan fingerprint density at radius 2 is 1.22 bits per heavy atom. The molecule has 26 heteroatoms. The molecule has 0 saturated carbocycles. The fraction of sp³-hybridized carbons (Fsp3) is 0.230. The highest BCUT2D eigenvalue weighted by Crippen LogP contribution is 2.48. The first-order valence-electron chi connectivity index (χ1n) is 26.9. The van der Waals surface area contributed by atoms with Crippen LogP contribution in [-0.2, 0) is 33.6 Å². The number of amides is 6. The normalized spacial score (nSPS) is 24.5. The van der Waals surface area contributed by atoms with Crippen LogP contribution in [0.3, 0.4) is 0 Å². The average Bonchev–Trinajstić information content (AvgIpc) is 0.962. The molecule has 25 nitrogen and oxygen atoms in total. The lowest BCUT2D eigenvalue weighted by Crippen LogP contribution is -2.55. The third-order valence-electron chi connectivity index (χ3n) is 15.8. The Balaban J connectivity index is 1.15. The average molecular weight is 1210 g/mol. The molecule has 0 aromatic heterocycles. The lowest BCUT2D eigenvalue weighted by atomic mass is 9.86. The molecular weight excluding hydrogens is 1150 g/mol. The van der Waals surface area contributed by atoms with Crippen LogP contribution in [0.25, 0.3) is 11.1 Å². The molecule has 16 N–H and O–H groups in total. The molecular formula is C61H54ClN7O18. The van der Waals surface area contributed by atoms with E-state index in [1.54, 1.807) is 26.0 Å². The van der Waals surface area contributed by atoms with Gasteiger partial charge in [-0.2, -0.15) is 0 Å². The number of hydrogen-bond donors (Lipinski definition) is 15. The highest BCUT2D eigenvalue weighted by molar-refractivity contribution is 6.32. The van der Waals surface area contributed by atoms with Crippen molar-refractivity contribution in [3.05, 3.63) is 158 Å². The number of fused-ring (bicyclic) bond motifs is 13. The number of carbonyl (C=O) groups is 7. The SMILES string of the molecule is CC1=C[C@H]2Oc3cc4cc(c3O)Oc3ccc(cc3Cl)[C@@H](O)[C@@H]3NC(=O)[C@H](NC(=O)[C@@H]4NC(=O)[C@H]4NC(=O)[C@@H](CC1=C[C@H]2C)NC(=O)[C@H](N)c1ccc(O)c(c1)Oc1cc(O)cc4c1)c1ccc(O)c(c1)-c1c(cc(O)c(C)c1O)[C@@H](C(=O)O)NC3=O. The Kier molecular flexibility index (Phi) is 15.1. The summed E-state index contributed by atoms with van der Waals surface area (Å²) in [5, 5.41) is 106.